The molecule has 0 amide bonds. The first-order chi connectivity index (χ1) is 11.6. The number of carbonyl (C=O) groups is 1. The quantitative estimate of drug-likeness (QED) is 0.281. The maximum atomic E-state index is 12.1. The van der Waals surface area contributed by atoms with Crippen LogP contribution in [0.3, 0.4) is 0 Å². The third-order valence-corrected chi connectivity index (χ3v) is 3.19. The zero-order valence-corrected chi connectivity index (χ0v) is 14.0. The van der Waals surface area contributed by atoms with Gasteiger partial charge in [0.1, 0.15) is 0 Å². The summed E-state index contributed by atoms with van der Waals surface area (Å²) in [5, 5.41) is 7.12. The van der Waals surface area contributed by atoms with Gasteiger partial charge in [-0.2, -0.15) is 5.10 Å². The molecule has 1 aromatic heterocycles. The van der Waals surface area contributed by atoms with Crippen molar-refractivity contribution in [3.8, 4) is 11.5 Å². The highest BCUT2D eigenvalue weighted by Gasteiger charge is 2.12. The van der Waals surface area contributed by atoms with Gasteiger partial charge in [-0.1, -0.05) is 0 Å². The maximum absolute atomic E-state index is 12.1. The molecule has 0 bridgehead atoms. The second-order valence-corrected chi connectivity index (χ2v) is 4.90. The van der Waals surface area contributed by atoms with E-state index < -0.39 is 5.97 Å². The van der Waals surface area contributed by atoms with Gasteiger partial charge < -0.3 is 14.8 Å². The Hall–Kier alpha value is -3.00. The van der Waals surface area contributed by atoms with Crippen LogP contribution in [0.2, 0.25) is 0 Å². The van der Waals surface area contributed by atoms with E-state index in [4.69, 9.17) is 21.7 Å². The molecule has 0 saturated carbocycles. The van der Waals surface area contributed by atoms with Crippen molar-refractivity contribution in [1.82, 2.24) is 15.7 Å². The molecule has 24 heavy (non-hydrogen) atoms. The fraction of sp³-hybridized carbons (Fsp3) is 0.125. The predicted octanol–water partition coefficient (Wildman–Crippen LogP) is 1.74. The van der Waals surface area contributed by atoms with Gasteiger partial charge in [0.25, 0.3) is 0 Å². The lowest BCUT2D eigenvalue weighted by Gasteiger charge is -2.09. The van der Waals surface area contributed by atoms with Crippen molar-refractivity contribution in [2.24, 2.45) is 5.10 Å². The standard InChI is InChI=1S/C16H16N4O3S/c1-17-16(24)20-19-9-11-5-6-13(14(8-11)22-2)23-15(21)12-4-3-7-18-10-12/h3-10H,1-2H3,(H2,17,20,24)/b19-9+. The number of rotatable bonds is 5. The average molecular weight is 344 g/mol. The Morgan fingerprint density at radius 3 is 2.83 bits per heavy atom. The monoisotopic (exact) mass is 344 g/mol. The lowest BCUT2D eigenvalue weighted by atomic mass is 10.2. The number of thiocarbonyl (C=S) groups is 1. The van der Waals surface area contributed by atoms with E-state index >= 15 is 0 Å². The number of ether oxygens (including phenoxy) is 2. The Morgan fingerprint density at radius 2 is 2.17 bits per heavy atom. The smallest absolute Gasteiger partial charge is 0.345 e. The number of hydrogen-bond acceptors (Lipinski definition) is 6. The van der Waals surface area contributed by atoms with Crippen LogP contribution in [0.1, 0.15) is 15.9 Å². The lowest BCUT2D eigenvalue weighted by Crippen LogP contribution is -2.28. The van der Waals surface area contributed by atoms with E-state index in [0.717, 1.165) is 5.56 Å². The van der Waals surface area contributed by atoms with Crippen LogP contribution in [-0.4, -0.2) is 36.4 Å². The largest absolute Gasteiger partial charge is 0.493 e. The number of hydrazone groups is 1. The van der Waals surface area contributed by atoms with Crippen LogP contribution in [0, 0.1) is 0 Å². The number of nitrogens with zero attached hydrogens (tertiary/aromatic N) is 2. The van der Waals surface area contributed by atoms with Crippen LogP contribution >= 0.6 is 12.2 Å². The van der Waals surface area contributed by atoms with E-state index in [1.807, 2.05) is 0 Å². The molecule has 2 rings (SSSR count). The van der Waals surface area contributed by atoms with Crippen LogP contribution in [0.25, 0.3) is 0 Å². The average Bonchev–Trinajstić information content (AvgIpc) is 2.63. The highest BCUT2D eigenvalue weighted by atomic mass is 32.1. The first-order valence-corrected chi connectivity index (χ1v) is 7.36. The Labute approximate surface area is 144 Å². The van der Waals surface area contributed by atoms with Crippen LogP contribution in [-0.2, 0) is 0 Å². The minimum atomic E-state index is -0.510. The van der Waals surface area contributed by atoms with Crippen molar-refractivity contribution < 1.29 is 14.3 Å². The van der Waals surface area contributed by atoms with Gasteiger partial charge in [-0.25, -0.2) is 4.79 Å². The number of esters is 1. The number of methoxy groups -OCH3 is 1. The molecule has 0 aliphatic heterocycles. The molecule has 0 saturated heterocycles. The Kier molecular flexibility index (Phi) is 6.21. The van der Waals surface area contributed by atoms with E-state index in [2.05, 4.69) is 20.8 Å². The van der Waals surface area contributed by atoms with Gasteiger partial charge in [0.2, 0.25) is 0 Å². The summed E-state index contributed by atoms with van der Waals surface area (Å²) in [7, 11) is 3.19. The minimum Gasteiger partial charge on any atom is -0.493 e. The fourth-order valence-corrected chi connectivity index (χ4v) is 1.77. The summed E-state index contributed by atoms with van der Waals surface area (Å²) in [4.78, 5) is 16.0. The molecule has 0 fully saturated rings. The predicted molar refractivity (Wildman–Crippen MR) is 94.6 cm³/mol. The normalized spacial score (nSPS) is 10.2. The van der Waals surface area contributed by atoms with E-state index in [0.29, 0.717) is 22.2 Å². The topological polar surface area (TPSA) is 84.8 Å². The third-order valence-electron chi connectivity index (χ3n) is 2.89. The lowest BCUT2D eigenvalue weighted by molar-refractivity contribution is 0.0729. The van der Waals surface area contributed by atoms with Gasteiger partial charge in [-0.3, -0.25) is 10.4 Å². The molecule has 0 aliphatic carbocycles. The number of carbonyl (C=O) groups excluding carboxylic acids is 1. The summed E-state index contributed by atoms with van der Waals surface area (Å²) in [6.07, 6.45) is 4.59. The molecule has 7 nitrogen and oxygen atoms in total. The Bertz CT molecular complexity index is 750. The summed E-state index contributed by atoms with van der Waals surface area (Å²) in [5.41, 5.74) is 3.75. The van der Waals surface area contributed by atoms with Crippen LogP contribution < -0.4 is 20.2 Å². The van der Waals surface area contributed by atoms with E-state index in [1.54, 1.807) is 49.8 Å². The van der Waals surface area contributed by atoms with Crippen molar-refractivity contribution in [3.63, 3.8) is 0 Å². The molecule has 0 radical (unpaired) electrons. The molecule has 1 aromatic carbocycles. The molecule has 124 valence electrons. The second-order valence-electron chi connectivity index (χ2n) is 4.49. The summed E-state index contributed by atoms with van der Waals surface area (Å²) < 4.78 is 10.6. The number of hydrogen-bond donors (Lipinski definition) is 2. The molecule has 2 aromatic rings. The molecular weight excluding hydrogens is 328 g/mol. The first kappa shape index (κ1) is 17.4. The van der Waals surface area contributed by atoms with E-state index in [1.165, 1.54) is 13.3 Å². The van der Waals surface area contributed by atoms with Crippen molar-refractivity contribution in [2.45, 2.75) is 0 Å². The zero-order chi connectivity index (χ0) is 17.4. The van der Waals surface area contributed by atoms with Gasteiger partial charge in [0.05, 0.1) is 18.9 Å². The van der Waals surface area contributed by atoms with Gasteiger partial charge in [0.15, 0.2) is 16.6 Å². The van der Waals surface area contributed by atoms with Gasteiger partial charge in [0, 0.05) is 19.4 Å². The van der Waals surface area contributed by atoms with Gasteiger partial charge in [-0.15, -0.1) is 0 Å². The SMILES string of the molecule is CNC(=S)N/N=C/c1ccc(OC(=O)c2cccnc2)c(OC)c1. The summed E-state index contributed by atoms with van der Waals surface area (Å²) >= 11 is 4.91. The number of pyridine rings is 1. The molecule has 2 N–H and O–H groups in total. The van der Waals surface area contributed by atoms with E-state index in [-0.39, 0.29) is 0 Å². The highest BCUT2D eigenvalue weighted by molar-refractivity contribution is 7.80. The minimum absolute atomic E-state index is 0.308. The molecular formula is C16H16N4O3S. The van der Waals surface area contributed by atoms with Crippen molar-refractivity contribution >= 4 is 29.5 Å². The summed E-state index contributed by atoms with van der Waals surface area (Å²) in [5.74, 6) is 0.207. The van der Waals surface area contributed by atoms with Crippen LogP contribution in [0.15, 0.2) is 47.8 Å². The summed E-state index contributed by atoms with van der Waals surface area (Å²) in [6, 6.07) is 8.35. The number of nitrogens with one attached hydrogen (secondary N) is 2. The van der Waals surface area contributed by atoms with Crippen molar-refractivity contribution in [2.75, 3.05) is 14.2 Å². The van der Waals surface area contributed by atoms with Crippen molar-refractivity contribution in [3.05, 3.63) is 53.9 Å². The van der Waals surface area contributed by atoms with Crippen LogP contribution in [0.5, 0.6) is 11.5 Å². The molecule has 0 atom stereocenters. The Morgan fingerprint density at radius 1 is 1.33 bits per heavy atom. The summed E-state index contributed by atoms with van der Waals surface area (Å²) in [6.45, 7) is 0. The van der Waals surface area contributed by atoms with Gasteiger partial charge in [-0.05, 0) is 48.1 Å². The van der Waals surface area contributed by atoms with Crippen LogP contribution in [0.4, 0.5) is 0 Å². The second kappa shape index (κ2) is 8.59. The number of aromatic nitrogens is 1. The highest BCUT2D eigenvalue weighted by Crippen LogP contribution is 2.28. The number of benzene rings is 1. The van der Waals surface area contributed by atoms with E-state index in [9.17, 15) is 4.79 Å². The van der Waals surface area contributed by atoms with Crippen molar-refractivity contribution in [1.29, 1.82) is 0 Å². The maximum Gasteiger partial charge on any atom is 0.345 e. The molecule has 8 heteroatoms. The van der Waals surface area contributed by atoms with Gasteiger partial charge >= 0.3 is 5.97 Å². The molecule has 1 heterocycles. The zero-order valence-electron chi connectivity index (χ0n) is 13.1. The third kappa shape index (κ3) is 4.75. The fourth-order valence-electron chi connectivity index (χ4n) is 1.71. The molecule has 0 aliphatic rings. The Balaban J connectivity index is 2.11. The first-order valence-electron chi connectivity index (χ1n) is 6.95. The molecule has 0 unspecified atom stereocenters. The molecule has 0 spiro atoms.